The van der Waals surface area contributed by atoms with Crippen molar-refractivity contribution in [3.05, 3.63) is 35.9 Å². The summed E-state index contributed by atoms with van der Waals surface area (Å²) < 4.78 is 5.56. The fourth-order valence-electron chi connectivity index (χ4n) is 3.28. The summed E-state index contributed by atoms with van der Waals surface area (Å²) in [4.78, 5) is 13.4. The Bertz CT molecular complexity index is 524. The molecule has 4 nitrogen and oxygen atoms in total. The van der Waals surface area contributed by atoms with Gasteiger partial charge in [0.15, 0.2) is 11.3 Å². The molecule has 4 heteroatoms. The molecule has 1 aromatic carbocycles. The van der Waals surface area contributed by atoms with Crippen LogP contribution in [-0.4, -0.2) is 34.0 Å². The Balaban J connectivity index is 2.32. The van der Waals surface area contributed by atoms with E-state index >= 15 is 0 Å². The Kier molecular flexibility index (Phi) is 3.79. The van der Waals surface area contributed by atoms with Crippen molar-refractivity contribution in [2.45, 2.75) is 57.8 Å². The summed E-state index contributed by atoms with van der Waals surface area (Å²) in [5.74, 6) is 0. The molecule has 2 rings (SSSR count). The molecule has 116 valence electrons. The van der Waals surface area contributed by atoms with Gasteiger partial charge in [0.2, 0.25) is 0 Å². The van der Waals surface area contributed by atoms with Crippen LogP contribution in [0.15, 0.2) is 30.3 Å². The fourth-order valence-corrected chi connectivity index (χ4v) is 3.28. The van der Waals surface area contributed by atoms with E-state index in [4.69, 9.17) is 4.74 Å². The number of aliphatic hydroxyl groups is 1. The van der Waals surface area contributed by atoms with Crippen LogP contribution in [0, 0.1) is 0 Å². The summed E-state index contributed by atoms with van der Waals surface area (Å²) in [6, 6.07) is 10.1. The van der Waals surface area contributed by atoms with Gasteiger partial charge in [0.1, 0.15) is 0 Å². The van der Waals surface area contributed by atoms with E-state index in [9.17, 15) is 9.90 Å². The number of likely N-dealkylation sites (N-methyl/N-ethyl adjacent to an activating group) is 1. The minimum Gasteiger partial charge on any atom is -0.438 e. The van der Waals surface area contributed by atoms with E-state index in [2.05, 4.69) is 26.0 Å². The van der Waals surface area contributed by atoms with E-state index in [0.29, 0.717) is 13.0 Å². The topological polar surface area (TPSA) is 49.8 Å². The van der Waals surface area contributed by atoms with Gasteiger partial charge < -0.3 is 9.84 Å². The second-order valence-electron chi connectivity index (χ2n) is 6.79. The van der Waals surface area contributed by atoms with Crippen molar-refractivity contribution in [2.75, 3.05) is 6.54 Å². The van der Waals surface area contributed by atoms with Gasteiger partial charge in [-0.3, -0.25) is 4.90 Å². The molecule has 1 aliphatic rings. The van der Waals surface area contributed by atoms with Crippen LogP contribution in [0.3, 0.4) is 0 Å². The molecule has 0 saturated carbocycles. The van der Waals surface area contributed by atoms with Crippen molar-refractivity contribution in [1.82, 2.24) is 4.90 Å². The molecule has 0 bridgehead atoms. The number of ether oxygens (including phenoxy) is 1. The number of nitrogens with zero attached hydrogens (tertiary/aromatic N) is 1. The third-order valence-corrected chi connectivity index (χ3v) is 4.71. The Morgan fingerprint density at radius 3 is 2.29 bits per heavy atom. The summed E-state index contributed by atoms with van der Waals surface area (Å²) in [5.41, 5.74) is -1.32. The average Bonchev–Trinajstić information content (AvgIpc) is 2.55. The highest BCUT2D eigenvalue weighted by Gasteiger charge is 2.60. The molecule has 2 unspecified atom stereocenters. The minimum atomic E-state index is -1.31. The zero-order chi connectivity index (χ0) is 15.9. The normalized spacial score (nSPS) is 29.6. The molecule has 1 N–H and O–H groups in total. The quantitative estimate of drug-likeness (QED) is 0.926. The van der Waals surface area contributed by atoms with E-state index < -0.39 is 17.4 Å². The Morgan fingerprint density at radius 1 is 1.24 bits per heavy atom. The molecular formula is C17H25NO3. The van der Waals surface area contributed by atoms with Crippen molar-refractivity contribution < 1.29 is 14.6 Å². The Morgan fingerprint density at radius 2 is 1.81 bits per heavy atom. The van der Waals surface area contributed by atoms with Crippen molar-refractivity contribution in [2.24, 2.45) is 0 Å². The lowest BCUT2D eigenvalue weighted by Crippen LogP contribution is -2.56. The second-order valence-corrected chi connectivity index (χ2v) is 6.79. The molecule has 0 aromatic heterocycles. The number of hydrogen-bond donors (Lipinski definition) is 1. The smallest absolute Gasteiger partial charge is 0.412 e. The maximum Gasteiger partial charge on any atom is 0.412 e. The van der Waals surface area contributed by atoms with Crippen molar-refractivity contribution in [1.29, 1.82) is 0 Å². The minimum absolute atomic E-state index is 0.218. The van der Waals surface area contributed by atoms with E-state index in [1.165, 1.54) is 4.90 Å². The highest BCUT2D eigenvalue weighted by Crippen LogP contribution is 2.45. The number of carbonyl (C=O) groups is 1. The number of amides is 1. The third kappa shape index (κ3) is 2.53. The van der Waals surface area contributed by atoms with Crippen molar-refractivity contribution >= 4 is 6.09 Å². The molecule has 0 radical (unpaired) electrons. The summed E-state index contributed by atoms with van der Waals surface area (Å²) in [5, 5.41) is 10.8. The number of carbonyl (C=O) groups excluding carboxylic acids is 1. The van der Waals surface area contributed by atoms with Crippen molar-refractivity contribution in [3.8, 4) is 0 Å². The number of cyclic esters (lactones) is 1. The SMILES string of the molecule is CCN1C(=O)OC(C)(CC(C)(C)c2ccccc2)C1(C)O. The monoisotopic (exact) mass is 291 g/mol. The zero-order valence-electron chi connectivity index (χ0n) is 13.5. The largest absolute Gasteiger partial charge is 0.438 e. The molecule has 1 heterocycles. The highest BCUT2D eigenvalue weighted by atomic mass is 16.6. The van der Waals surface area contributed by atoms with Gasteiger partial charge in [0.25, 0.3) is 0 Å². The number of hydrogen-bond acceptors (Lipinski definition) is 3. The summed E-state index contributed by atoms with van der Waals surface area (Å²) in [6.45, 7) is 9.93. The van der Waals surface area contributed by atoms with Gasteiger partial charge in [0, 0.05) is 13.0 Å². The summed E-state index contributed by atoms with van der Waals surface area (Å²) in [6.07, 6.45) is 0.0908. The maximum atomic E-state index is 12.0. The Hall–Kier alpha value is -1.55. The van der Waals surface area contributed by atoms with Crippen LogP contribution in [-0.2, 0) is 10.2 Å². The molecule has 2 atom stereocenters. The van der Waals surface area contributed by atoms with Gasteiger partial charge >= 0.3 is 6.09 Å². The first-order valence-corrected chi connectivity index (χ1v) is 7.42. The van der Waals surface area contributed by atoms with Crippen LogP contribution in [0.1, 0.15) is 46.6 Å². The van der Waals surface area contributed by atoms with E-state index in [-0.39, 0.29) is 5.41 Å². The molecule has 0 spiro atoms. The first-order chi connectivity index (χ1) is 9.64. The predicted octanol–water partition coefficient (Wildman–Crippen LogP) is 3.29. The predicted molar refractivity (Wildman–Crippen MR) is 82.0 cm³/mol. The summed E-state index contributed by atoms with van der Waals surface area (Å²) >= 11 is 0. The highest BCUT2D eigenvalue weighted by molar-refractivity contribution is 5.72. The maximum absolute atomic E-state index is 12.0. The average molecular weight is 291 g/mol. The second kappa shape index (κ2) is 5.02. The van der Waals surface area contributed by atoms with Gasteiger partial charge in [-0.2, -0.15) is 0 Å². The van der Waals surface area contributed by atoms with Crippen LogP contribution < -0.4 is 0 Å². The molecule has 21 heavy (non-hydrogen) atoms. The summed E-state index contributed by atoms with van der Waals surface area (Å²) in [7, 11) is 0. The lowest BCUT2D eigenvalue weighted by Gasteiger charge is -2.41. The number of rotatable bonds is 4. The third-order valence-electron chi connectivity index (χ3n) is 4.71. The van der Waals surface area contributed by atoms with Crippen LogP contribution in [0.25, 0.3) is 0 Å². The van der Waals surface area contributed by atoms with E-state index in [0.717, 1.165) is 5.56 Å². The lowest BCUT2D eigenvalue weighted by molar-refractivity contribution is -0.144. The van der Waals surface area contributed by atoms with Gasteiger partial charge in [-0.25, -0.2) is 4.79 Å². The van der Waals surface area contributed by atoms with Gasteiger partial charge in [-0.15, -0.1) is 0 Å². The molecule has 1 fully saturated rings. The standard InChI is InChI=1S/C17H25NO3/c1-6-18-14(19)21-16(4,17(18,5)20)12-15(2,3)13-10-8-7-9-11-13/h7-11,20H,6,12H2,1-5H3. The molecule has 1 amide bonds. The van der Waals surface area contributed by atoms with Gasteiger partial charge in [0.05, 0.1) is 0 Å². The fraction of sp³-hybridized carbons (Fsp3) is 0.588. The Labute approximate surface area is 126 Å². The molecule has 1 saturated heterocycles. The van der Waals surface area contributed by atoms with Crippen LogP contribution in [0.4, 0.5) is 4.79 Å². The molecule has 0 aliphatic carbocycles. The first kappa shape index (κ1) is 15.8. The van der Waals surface area contributed by atoms with E-state index in [1.54, 1.807) is 6.92 Å². The van der Waals surface area contributed by atoms with Crippen LogP contribution in [0.2, 0.25) is 0 Å². The van der Waals surface area contributed by atoms with E-state index in [1.807, 2.05) is 32.0 Å². The van der Waals surface area contributed by atoms with Crippen molar-refractivity contribution in [3.63, 3.8) is 0 Å². The molecular weight excluding hydrogens is 266 g/mol. The molecule has 1 aromatic rings. The first-order valence-electron chi connectivity index (χ1n) is 7.42. The lowest BCUT2D eigenvalue weighted by atomic mass is 9.72. The zero-order valence-corrected chi connectivity index (χ0v) is 13.5. The molecule has 1 aliphatic heterocycles. The van der Waals surface area contributed by atoms with Crippen LogP contribution >= 0.6 is 0 Å². The number of benzene rings is 1. The van der Waals surface area contributed by atoms with Crippen LogP contribution in [0.5, 0.6) is 0 Å². The van der Waals surface area contributed by atoms with Gasteiger partial charge in [-0.05, 0) is 31.7 Å². The van der Waals surface area contributed by atoms with Gasteiger partial charge in [-0.1, -0.05) is 44.2 Å².